The van der Waals surface area contributed by atoms with E-state index >= 15 is 0 Å². The van der Waals surface area contributed by atoms with Crippen LogP contribution >= 0.6 is 23.2 Å². The van der Waals surface area contributed by atoms with Crippen molar-refractivity contribution >= 4 is 29.1 Å². The van der Waals surface area contributed by atoms with Crippen molar-refractivity contribution in [2.45, 2.75) is 19.1 Å². The van der Waals surface area contributed by atoms with Crippen molar-refractivity contribution < 1.29 is 13.9 Å². The third kappa shape index (κ3) is 2.59. The van der Waals surface area contributed by atoms with E-state index in [1.54, 1.807) is 11.0 Å². The molecule has 0 aromatic carbocycles. The van der Waals surface area contributed by atoms with Gasteiger partial charge in [0.2, 0.25) is 5.22 Å². The van der Waals surface area contributed by atoms with Crippen LogP contribution < -0.4 is 0 Å². The first-order valence-corrected chi connectivity index (χ1v) is 6.26. The van der Waals surface area contributed by atoms with Gasteiger partial charge >= 0.3 is 0 Å². The summed E-state index contributed by atoms with van der Waals surface area (Å²) in [6.45, 7) is 2.89. The van der Waals surface area contributed by atoms with Gasteiger partial charge in [-0.1, -0.05) is 0 Å². The molecule has 1 aliphatic rings. The average molecular weight is 278 g/mol. The molecule has 2 unspecified atom stereocenters. The Morgan fingerprint density at radius 1 is 1.65 bits per heavy atom. The molecule has 2 atom stereocenters. The van der Waals surface area contributed by atoms with Crippen LogP contribution in [-0.4, -0.2) is 42.0 Å². The van der Waals surface area contributed by atoms with E-state index in [4.69, 9.17) is 32.4 Å². The summed E-state index contributed by atoms with van der Waals surface area (Å²) < 4.78 is 10.4. The number of amides is 1. The van der Waals surface area contributed by atoms with Crippen LogP contribution in [0.15, 0.2) is 16.7 Å². The number of ether oxygens (including phenoxy) is 1. The molecule has 4 nitrogen and oxygen atoms in total. The Labute approximate surface area is 109 Å². The Bertz CT molecular complexity index is 407. The molecule has 1 fully saturated rings. The summed E-state index contributed by atoms with van der Waals surface area (Å²) in [6.07, 6.45) is 1.28. The average Bonchev–Trinajstić information content (AvgIpc) is 2.75. The molecule has 0 radical (unpaired) electrons. The van der Waals surface area contributed by atoms with Gasteiger partial charge in [0, 0.05) is 6.54 Å². The van der Waals surface area contributed by atoms with Crippen molar-refractivity contribution in [3.8, 4) is 0 Å². The number of hydrogen-bond donors (Lipinski definition) is 0. The van der Waals surface area contributed by atoms with Gasteiger partial charge in [-0.25, -0.2) is 0 Å². The smallest absolute Gasteiger partial charge is 0.259 e. The maximum absolute atomic E-state index is 12.2. The Morgan fingerprint density at radius 2 is 2.41 bits per heavy atom. The lowest BCUT2D eigenvalue weighted by atomic mass is 10.1. The highest BCUT2D eigenvalue weighted by Crippen LogP contribution is 2.22. The summed E-state index contributed by atoms with van der Waals surface area (Å²) in [6, 6.07) is 1.58. The van der Waals surface area contributed by atoms with Gasteiger partial charge in [0.15, 0.2) is 0 Å². The number of rotatable bonds is 2. The quantitative estimate of drug-likeness (QED) is 0.780. The normalized spacial score (nSPS) is 25.0. The standard InChI is InChI=1S/C11H13Cl2NO3/c1-7-6-17-8(4-12)5-14(7)11(15)9-2-3-16-10(9)13/h2-3,7-8H,4-6H2,1H3. The van der Waals surface area contributed by atoms with Crippen LogP contribution in [0, 0.1) is 0 Å². The van der Waals surface area contributed by atoms with Gasteiger partial charge in [-0.05, 0) is 24.6 Å². The highest BCUT2D eigenvalue weighted by molar-refractivity contribution is 6.32. The number of morpholine rings is 1. The minimum absolute atomic E-state index is 0.00735. The van der Waals surface area contributed by atoms with Crippen molar-refractivity contribution in [1.82, 2.24) is 4.90 Å². The van der Waals surface area contributed by atoms with Crippen molar-refractivity contribution in [3.05, 3.63) is 23.1 Å². The SMILES string of the molecule is CC1COC(CCl)CN1C(=O)c1ccoc1Cl. The summed E-state index contributed by atoms with van der Waals surface area (Å²) >= 11 is 11.5. The number of halogens is 2. The Morgan fingerprint density at radius 3 is 3.00 bits per heavy atom. The van der Waals surface area contributed by atoms with Gasteiger partial charge in [0.25, 0.3) is 5.91 Å². The third-order valence-electron chi connectivity index (χ3n) is 2.79. The number of carbonyl (C=O) groups is 1. The van der Waals surface area contributed by atoms with E-state index in [0.717, 1.165) is 0 Å². The molecule has 0 aliphatic carbocycles. The number of furan rings is 1. The molecule has 1 aromatic heterocycles. The molecule has 1 aromatic rings. The van der Waals surface area contributed by atoms with Crippen LogP contribution in [-0.2, 0) is 4.74 Å². The van der Waals surface area contributed by atoms with Crippen LogP contribution in [0.2, 0.25) is 5.22 Å². The lowest BCUT2D eigenvalue weighted by Gasteiger charge is -2.37. The molecule has 1 saturated heterocycles. The molecule has 2 heterocycles. The number of carbonyl (C=O) groups excluding carboxylic acids is 1. The van der Waals surface area contributed by atoms with Crippen LogP contribution in [0.3, 0.4) is 0 Å². The Kier molecular flexibility index (Phi) is 3.97. The van der Waals surface area contributed by atoms with Gasteiger partial charge in [-0.3, -0.25) is 4.79 Å². The molecular formula is C11H13Cl2NO3. The van der Waals surface area contributed by atoms with Crippen LogP contribution in [0.1, 0.15) is 17.3 Å². The second kappa shape index (κ2) is 5.29. The van der Waals surface area contributed by atoms with E-state index in [-0.39, 0.29) is 23.3 Å². The molecule has 0 N–H and O–H groups in total. The minimum Gasteiger partial charge on any atom is -0.452 e. The van der Waals surface area contributed by atoms with Crippen molar-refractivity contribution in [2.75, 3.05) is 19.0 Å². The number of alkyl halides is 1. The fourth-order valence-electron chi connectivity index (χ4n) is 1.79. The van der Waals surface area contributed by atoms with Gasteiger partial charge in [-0.2, -0.15) is 0 Å². The predicted octanol–water partition coefficient (Wildman–Crippen LogP) is 2.40. The molecule has 0 bridgehead atoms. The maximum atomic E-state index is 12.2. The highest BCUT2D eigenvalue weighted by atomic mass is 35.5. The summed E-state index contributed by atoms with van der Waals surface area (Å²) in [4.78, 5) is 14.0. The van der Waals surface area contributed by atoms with E-state index in [1.807, 2.05) is 6.92 Å². The lowest BCUT2D eigenvalue weighted by Crippen LogP contribution is -2.51. The molecule has 0 spiro atoms. The molecule has 17 heavy (non-hydrogen) atoms. The number of nitrogens with zero attached hydrogens (tertiary/aromatic N) is 1. The summed E-state index contributed by atoms with van der Waals surface area (Å²) in [5.74, 6) is 0.227. The molecule has 1 aliphatic heterocycles. The first kappa shape index (κ1) is 12.7. The monoisotopic (exact) mass is 277 g/mol. The van der Waals surface area contributed by atoms with Gasteiger partial charge in [0.05, 0.1) is 36.5 Å². The zero-order valence-electron chi connectivity index (χ0n) is 9.36. The van der Waals surface area contributed by atoms with Gasteiger partial charge in [0.1, 0.15) is 0 Å². The van der Waals surface area contributed by atoms with Crippen LogP contribution in [0.25, 0.3) is 0 Å². The fourth-order valence-corrected chi connectivity index (χ4v) is 2.18. The van der Waals surface area contributed by atoms with Crippen molar-refractivity contribution in [1.29, 1.82) is 0 Å². The Balaban J connectivity index is 2.15. The Hall–Kier alpha value is -0.710. The minimum atomic E-state index is -0.144. The van der Waals surface area contributed by atoms with E-state index in [2.05, 4.69) is 0 Å². The third-order valence-corrected chi connectivity index (χ3v) is 3.42. The topological polar surface area (TPSA) is 42.7 Å². The molecular weight excluding hydrogens is 265 g/mol. The second-order valence-corrected chi connectivity index (χ2v) is 4.68. The van der Waals surface area contributed by atoms with Crippen LogP contribution in [0.5, 0.6) is 0 Å². The summed E-state index contributed by atoms with van der Waals surface area (Å²) in [5, 5.41) is 0.121. The van der Waals surface area contributed by atoms with Crippen LogP contribution in [0.4, 0.5) is 0 Å². The zero-order chi connectivity index (χ0) is 12.4. The zero-order valence-corrected chi connectivity index (χ0v) is 10.9. The van der Waals surface area contributed by atoms with Gasteiger partial charge < -0.3 is 14.1 Å². The highest BCUT2D eigenvalue weighted by Gasteiger charge is 2.31. The van der Waals surface area contributed by atoms with Crippen molar-refractivity contribution in [3.63, 3.8) is 0 Å². The molecule has 94 valence electrons. The number of hydrogen-bond acceptors (Lipinski definition) is 3. The first-order valence-electron chi connectivity index (χ1n) is 5.35. The fraction of sp³-hybridized carbons (Fsp3) is 0.545. The van der Waals surface area contributed by atoms with E-state index < -0.39 is 0 Å². The maximum Gasteiger partial charge on any atom is 0.259 e. The first-order chi connectivity index (χ1) is 8.13. The molecule has 0 saturated carbocycles. The summed E-state index contributed by atoms with van der Waals surface area (Å²) in [7, 11) is 0. The molecule has 2 rings (SSSR count). The molecule has 1 amide bonds. The predicted molar refractivity (Wildman–Crippen MR) is 64.7 cm³/mol. The van der Waals surface area contributed by atoms with E-state index in [1.165, 1.54) is 6.26 Å². The second-order valence-electron chi connectivity index (χ2n) is 4.02. The van der Waals surface area contributed by atoms with Gasteiger partial charge in [-0.15, -0.1) is 11.6 Å². The van der Waals surface area contributed by atoms with Crippen molar-refractivity contribution in [2.24, 2.45) is 0 Å². The molecule has 6 heteroatoms. The van der Waals surface area contributed by atoms with E-state index in [0.29, 0.717) is 24.6 Å². The lowest BCUT2D eigenvalue weighted by molar-refractivity contribution is -0.0371. The summed E-state index contributed by atoms with van der Waals surface area (Å²) in [5.41, 5.74) is 0.383. The van der Waals surface area contributed by atoms with E-state index in [9.17, 15) is 4.79 Å². The largest absolute Gasteiger partial charge is 0.452 e.